The van der Waals surface area contributed by atoms with Gasteiger partial charge in [0, 0.05) is 0 Å². The molecule has 1 unspecified atom stereocenters. The number of benzene rings is 2. The largest absolute Gasteiger partial charge is 0.490 e. The average molecular weight is 289 g/mol. The molecule has 1 aliphatic rings. The first-order chi connectivity index (χ1) is 10.2. The van der Waals surface area contributed by atoms with Gasteiger partial charge in [-0.15, -0.1) is 0 Å². The van der Waals surface area contributed by atoms with Gasteiger partial charge in [-0.3, -0.25) is 0 Å². The van der Waals surface area contributed by atoms with Gasteiger partial charge >= 0.3 is 0 Å². The summed E-state index contributed by atoms with van der Waals surface area (Å²) in [6.45, 7) is 0. The van der Waals surface area contributed by atoms with Gasteiger partial charge in [0.15, 0.2) is 11.6 Å². The Morgan fingerprint density at radius 1 is 1.05 bits per heavy atom. The lowest BCUT2D eigenvalue weighted by atomic mass is 9.98. The number of halogens is 2. The van der Waals surface area contributed by atoms with Crippen molar-refractivity contribution in [2.24, 2.45) is 0 Å². The van der Waals surface area contributed by atoms with Crippen molar-refractivity contribution in [3.8, 4) is 5.75 Å². The predicted octanol–water partition coefficient (Wildman–Crippen LogP) is 3.81. The fourth-order valence-corrected chi connectivity index (χ4v) is 2.36. The maximum absolute atomic E-state index is 13.4. The highest BCUT2D eigenvalue weighted by Gasteiger charge is 2.24. The van der Waals surface area contributed by atoms with Crippen molar-refractivity contribution in [1.82, 2.24) is 5.32 Å². The Labute approximate surface area is 122 Å². The summed E-state index contributed by atoms with van der Waals surface area (Å²) < 4.78 is 32.3. The summed E-state index contributed by atoms with van der Waals surface area (Å²) in [6, 6.07) is 11.5. The Kier molecular flexibility index (Phi) is 3.88. The summed E-state index contributed by atoms with van der Waals surface area (Å²) in [7, 11) is 1.79. The molecule has 1 fully saturated rings. The van der Waals surface area contributed by atoms with Gasteiger partial charge in [-0.2, -0.15) is 0 Å². The summed E-state index contributed by atoms with van der Waals surface area (Å²) >= 11 is 0. The zero-order chi connectivity index (χ0) is 14.8. The van der Waals surface area contributed by atoms with Crippen molar-refractivity contribution in [3.63, 3.8) is 0 Å². The van der Waals surface area contributed by atoms with Crippen LogP contribution in [0.25, 0.3) is 0 Å². The minimum absolute atomic E-state index is 0.206. The third kappa shape index (κ3) is 3.22. The molecule has 0 bridgehead atoms. The molecule has 0 saturated heterocycles. The maximum Gasteiger partial charge on any atom is 0.159 e. The third-order valence-electron chi connectivity index (χ3n) is 3.58. The van der Waals surface area contributed by atoms with Crippen molar-refractivity contribution in [3.05, 3.63) is 65.2 Å². The summed E-state index contributed by atoms with van der Waals surface area (Å²) in [4.78, 5) is 0. The Balaban J connectivity index is 1.89. The van der Waals surface area contributed by atoms with Crippen molar-refractivity contribution in [2.45, 2.75) is 25.0 Å². The molecule has 2 aromatic rings. The van der Waals surface area contributed by atoms with Crippen molar-refractivity contribution < 1.29 is 13.5 Å². The molecule has 1 N–H and O–H groups in total. The molecule has 0 heterocycles. The lowest BCUT2D eigenvalue weighted by molar-refractivity contribution is 0.302. The van der Waals surface area contributed by atoms with Crippen LogP contribution in [-0.4, -0.2) is 13.2 Å². The first kappa shape index (κ1) is 14.0. The van der Waals surface area contributed by atoms with Crippen LogP contribution < -0.4 is 10.1 Å². The second kappa shape index (κ2) is 5.82. The smallest absolute Gasteiger partial charge is 0.159 e. The van der Waals surface area contributed by atoms with E-state index < -0.39 is 11.6 Å². The molecule has 0 aliphatic heterocycles. The first-order valence-corrected chi connectivity index (χ1v) is 7.06. The SMILES string of the molecule is CNC(c1cccc(OC2CC2)c1)c1ccc(F)c(F)c1. The van der Waals surface area contributed by atoms with Gasteiger partial charge in [-0.05, 0) is 55.3 Å². The van der Waals surface area contributed by atoms with Gasteiger partial charge in [0.25, 0.3) is 0 Å². The van der Waals surface area contributed by atoms with Crippen LogP contribution in [0.5, 0.6) is 5.75 Å². The zero-order valence-corrected chi connectivity index (χ0v) is 11.8. The quantitative estimate of drug-likeness (QED) is 0.903. The minimum atomic E-state index is -0.835. The normalized spacial score (nSPS) is 15.8. The van der Waals surface area contributed by atoms with Crippen LogP contribution in [0, 0.1) is 11.6 Å². The molecule has 0 aromatic heterocycles. The lowest BCUT2D eigenvalue weighted by Crippen LogP contribution is -2.18. The van der Waals surface area contributed by atoms with Crippen LogP contribution in [-0.2, 0) is 0 Å². The molecule has 2 aromatic carbocycles. The molecule has 1 saturated carbocycles. The standard InChI is InChI=1S/C17H17F2NO/c1-20-17(12-5-8-15(18)16(19)10-12)11-3-2-4-14(9-11)21-13-6-7-13/h2-5,8-10,13,17,20H,6-7H2,1H3. The fourth-order valence-electron chi connectivity index (χ4n) is 2.36. The summed E-state index contributed by atoms with van der Waals surface area (Å²) in [5, 5.41) is 3.13. The van der Waals surface area contributed by atoms with Crippen molar-refractivity contribution in [1.29, 1.82) is 0 Å². The highest BCUT2D eigenvalue weighted by molar-refractivity contribution is 5.37. The van der Waals surface area contributed by atoms with E-state index in [1.54, 1.807) is 13.1 Å². The summed E-state index contributed by atoms with van der Waals surface area (Å²) in [5.74, 6) is -0.851. The van der Waals surface area contributed by atoms with Crippen LogP contribution in [0.2, 0.25) is 0 Å². The molecule has 0 radical (unpaired) electrons. The van der Waals surface area contributed by atoms with Crippen LogP contribution in [0.15, 0.2) is 42.5 Å². The Morgan fingerprint density at radius 3 is 2.48 bits per heavy atom. The van der Waals surface area contributed by atoms with E-state index in [1.165, 1.54) is 6.07 Å². The number of hydrogen-bond acceptors (Lipinski definition) is 2. The molecular formula is C17H17F2NO. The van der Waals surface area contributed by atoms with E-state index in [9.17, 15) is 8.78 Å². The molecule has 21 heavy (non-hydrogen) atoms. The minimum Gasteiger partial charge on any atom is -0.490 e. The van der Waals surface area contributed by atoms with E-state index in [4.69, 9.17) is 4.74 Å². The van der Waals surface area contributed by atoms with Crippen LogP contribution >= 0.6 is 0 Å². The second-order valence-electron chi connectivity index (χ2n) is 5.28. The van der Waals surface area contributed by atoms with E-state index in [-0.39, 0.29) is 6.04 Å². The third-order valence-corrected chi connectivity index (χ3v) is 3.58. The molecule has 2 nitrogen and oxygen atoms in total. The number of rotatable bonds is 5. The number of hydrogen-bond donors (Lipinski definition) is 1. The summed E-state index contributed by atoms with van der Waals surface area (Å²) in [6.07, 6.45) is 2.53. The predicted molar refractivity (Wildman–Crippen MR) is 77.4 cm³/mol. The van der Waals surface area contributed by atoms with Crippen LogP contribution in [0.1, 0.15) is 30.0 Å². The van der Waals surface area contributed by atoms with Gasteiger partial charge in [-0.25, -0.2) is 8.78 Å². The molecule has 110 valence electrons. The van der Waals surface area contributed by atoms with Crippen LogP contribution in [0.4, 0.5) is 8.78 Å². The van der Waals surface area contributed by atoms with E-state index >= 15 is 0 Å². The molecule has 1 aliphatic carbocycles. The molecular weight excluding hydrogens is 272 g/mol. The highest BCUT2D eigenvalue weighted by Crippen LogP contribution is 2.30. The fraction of sp³-hybridized carbons (Fsp3) is 0.294. The Bertz CT molecular complexity index is 640. The second-order valence-corrected chi connectivity index (χ2v) is 5.28. The van der Waals surface area contributed by atoms with Crippen molar-refractivity contribution in [2.75, 3.05) is 7.05 Å². The van der Waals surface area contributed by atoms with Gasteiger partial charge in [0.2, 0.25) is 0 Å². The first-order valence-electron chi connectivity index (χ1n) is 7.06. The molecule has 3 rings (SSSR count). The molecule has 0 spiro atoms. The number of ether oxygens (including phenoxy) is 1. The monoisotopic (exact) mass is 289 g/mol. The molecule has 1 atom stereocenters. The van der Waals surface area contributed by atoms with Gasteiger partial charge in [0.05, 0.1) is 12.1 Å². The zero-order valence-electron chi connectivity index (χ0n) is 11.8. The molecule has 0 amide bonds. The van der Waals surface area contributed by atoms with Crippen LogP contribution in [0.3, 0.4) is 0 Å². The van der Waals surface area contributed by atoms with Gasteiger partial charge in [-0.1, -0.05) is 18.2 Å². The maximum atomic E-state index is 13.4. The van der Waals surface area contributed by atoms with E-state index in [2.05, 4.69) is 5.32 Å². The van der Waals surface area contributed by atoms with Gasteiger partial charge in [0.1, 0.15) is 5.75 Å². The van der Waals surface area contributed by atoms with Gasteiger partial charge < -0.3 is 10.1 Å². The van der Waals surface area contributed by atoms with E-state index in [0.29, 0.717) is 11.7 Å². The Hall–Kier alpha value is -1.94. The topological polar surface area (TPSA) is 21.3 Å². The van der Waals surface area contributed by atoms with Crippen molar-refractivity contribution >= 4 is 0 Å². The lowest BCUT2D eigenvalue weighted by Gasteiger charge is -2.18. The average Bonchev–Trinajstić information content (AvgIpc) is 3.28. The number of nitrogens with one attached hydrogen (secondary N) is 1. The summed E-state index contributed by atoms with van der Waals surface area (Å²) in [5.41, 5.74) is 1.64. The molecule has 4 heteroatoms. The Morgan fingerprint density at radius 2 is 1.81 bits per heavy atom. The van der Waals surface area contributed by atoms with E-state index in [1.807, 2.05) is 24.3 Å². The van der Waals surface area contributed by atoms with E-state index in [0.717, 1.165) is 30.2 Å². The highest BCUT2D eigenvalue weighted by atomic mass is 19.2.